The number of hydrogen-bond donors (Lipinski definition) is 1. The van der Waals surface area contributed by atoms with E-state index in [1.165, 1.54) is 4.88 Å². The van der Waals surface area contributed by atoms with Gasteiger partial charge in [-0.05, 0) is 48.6 Å². The largest absolute Gasteiger partial charge is 0.484 e. The molecule has 0 aliphatic heterocycles. The highest BCUT2D eigenvalue weighted by Crippen LogP contribution is 2.49. The van der Waals surface area contributed by atoms with E-state index >= 15 is 0 Å². The Kier molecular flexibility index (Phi) is 4.17. The number of rotatable bonds is 6. The Balaban J connectivity index is 1.46. The Hall–Kier alpha value is -1.52. The zero-order valence-electron chi connectivity index (χ0n) is 11.5. The van der Waals surface area contributed by atoms with Gasteiger partial charge in [-0.2, -0.15) is 0 Å². The zero-order chi connectivity index (χ0) is 14.7. The molecule has 3 rings (SSSR count). The summed E-state index contributed by atoms with van der Waals surface area (Å²) in [6.07, 6.45) is 2.29. The van der Waals surface area contributed by atoms with E-state index in [0.717, 1.165) is 12.8 Å². The van der Waals surface area contributed by atoms with Crippen molar-refractivity contribution in [1.29, 1.82) is 0 Å². The summed E-state index contributed by atoms with van der Waals surface area (Å²) in [7, 11) is 0. The summed E-state index contributed by atoms with van der Waals surface area (Å²) in [5, 5.41) is 5.71. The SMILES string of the molecule is O=C(COc1ccc(Cl)cc1)NCC1(c2cccs2)CC1. The molecule has 0 atom stereocenters. The molecule has 21 heavy (non-hydrogen) atoms. The number of carbonyl (C=O) groups is 1. The first-order valence-electron chi connectivity index (χ1n) is 6.87. The number of thiophene rings is 1. The van der Waals surface area contributed by atoms with Gasteiger partial charge in [-0.25, -0.2) is 0 Å². The van der Waals surface area contributed by atoms with E-state index < -0.39 is 0 Å². The highest BCUT2D eigenvalue weighted by atomic mass is 35.5. The zero-order valence-corrected chi connectivity index (χ0v) is 13.0. The van der Waals surface area contributed by atoms with Crippen molar-refractivity contribution in [2.75, 3.05) is 13.2 Å². The fourth-order valence-electron chi connectivity index (χ4n) is 2.24. The van der Waals surface area contributed by atoms with Crippen molar-refractivity contribution >= 4 is 28.8 Å². The highest BCUT2D eigenvalue weighted by Gasteiger charge is 2.45. The molecule has 5 heteroatoms. The first-order chi connectivity index (χ1) is 10.2. The average molecular weight is 322 g/mol. The molecule has 1 N–H and O–H groups in total. The lowest BCUT2D eigenvalue weighted by Crippen LogP contribution is -2.35. The van der Waals surface area contributed by atoms with Gasteiger partial charge in [0.05, 0.1) is 0 Å². The first kappa shape index (κ1) is 14.4. The lowest BCUT2D eigenvalue weighted by Gasteiger charge is -2.14. The van der Waals surface area contributed by atoms with Gasteiger partial charge in [0.1, 0.15) is 5.75 Å². The molecule has 110 valence electrons. The van der Waals surface area contributed by atoms with Crippen LogP contribution in [-0.4, -0.2) is 19.1 Å². The number of benzene rings is 1. The van der Waals surface area contributed by atoms with Crippen LogP contribution in [0.2, 0.25) is 5.02 Å². The highest BCUT2D eigenvalue weighted by molar-refractivity contribution is 7.10. The predicted octanol–water partition coefficient (Wildman–Crippen LogP) is 3.63. The maximum absolute atomic E-state index is 11.9. The van der Waals surface area contributed by atoms with Crippen molar-refractivity contribution in [3.05, 3.63) is 51.7 Å². The molecule has 1 aliphatic rings. The molecule has 1 heterocycles. The Bertz CT molecular complexity index is 606. The minimum atomic E-state index is -0.0900. The summed E-state index contributed by atoms with van der Waals surface area (Å²) in [4.78, 5) is 13.2. The van der Waals surface area contributed by atoms with Gasteiger partial charge in [-0.3, -0.25) is 4.79 Å². The quantitative estimate of drug-likeness (QED) is 0.882. The molecule has 1 aliphatic carbocycles. The lowest BCUT2D eigenvalue weighted by atomic mass is 10.1. The number of amides is 1. The van der Waals surface area contributed by atoms with Crippen molar-refractivity contribution in [2.24, 2.45) is 0 Å². The molecule has 2 aromatic rings. The number of halogens is 1. The molecule has 0 unspecified atom stereocenters. The average Bonchev–Trinajstić information content (AvgIpc) is 3.08. The van der Waals surface area contributed by atoms with Gasteiger partial charge in [0.15, 0.2) is 6.61 Å². The van der Waals surface area contributed by atoms with E-state index in [1.54, 1.807) is 35.6 Å². The Morgan fingerprint density at radius 3 is 2.67 bits per heavy atom. The van der Waals surface area contributed by atoms with Crippen LogP contribution in [0.25, 0.3) is 0 Å². The van der Waals surface area contributed by atoms with Crippen molar-refractivity contribution in [3.63, 3.8) is 0 Å². The minimum absolute atomic E-state index is 0.0299. The molecule has 1 aromatic carbocycles. The number of nitrogens with one attached hydrogen (secondary N) is 1. The normalized spacial score (nSPS) is 15.5. The second-order valence-corrected chi connectivity index (χ2v) is 6.66. The Morgan fingerprint density at radius 2 is 2.05 bits per heavy atom. The number of carbonyl (C=O) groups excluding carboxylic acids is 1. The maximum Gasteiger partial charge on any atom is 0.257 e. The van der Waals surface area contributed by atoms with Gasteiger partial charge in [0.2, 0.25) is 0 Å². The third kappa shape index (κ3) is 3.57. The van der Waals surface area contributed by atoms with Gasteiger partial charge >= 0.3 is 0 Å². The smallest absolute Gasteiger partial charge is 0.257 e. The minimum Gasteiger partial charge on any atom is -0.484 e. The van der Waals surface area contributed by atoms with E-state index in [-0.39, 0.29) is 17.9 Å². The van der Waals surface area contributed by atoms with Crippen LogP contribution in [0, 0.1) is 0 Å². The van der Waals surface area contributed by atoms with Crippen LogP contribution < -0.4 is 10.1 Å². The first-order valence-corrected chi connectivity index (χ1v) is 8.13. The van der Waals surface area contributed by atoms with Gasteiger partial charge < -0.3 is 10.1 Å². The van der Waals surface area contributed by atoms with Crippen LogP contribution in [-0.2, 0) is 10.2 Å². The van der Waals surface area contributed by atoms with Crippen molar-refractivity contribution < 1.29 is 9.53 Å². The summed E-state index contributed by atoms with van der Waals surface area (Å²) >= 11 is 7.56. The van der Waals surface area contributed by atoms with Crippen LogP contribution >= 0.6 is 22.9 Å². The summed E-state index contributed by atoms with van der Waals surface area (Å²) in [6.45, 7) is 0.721. The molecule has 0 radical (unpaired) electrons. The summed E-state index contributed by atoms with van der Waals surface area (Å²) < 4.78 is 5.43. The number of ether oxygens (including phenoxy) is 1. The van der Waals surface area contributed by atoms with E-state index in [9.17, 15) is 4.79 Å². The van der Waals surface area contributed by atoms with E-state index in [0.29, 0.717) is 17.3 Å². The lowest BCUT2D eigenvalue weighted by molar-refractivity contribution is -0.123. The summed E-state index contributed by atoms with van der Waals surface area (Å²) in [5.41, 5.74) is 0.171. The molecule has 3 nitrogen and oxygen atoms in total. The van der Waals surface area contributed by atoms with E-state index in [4.69, 9.17) is 16.3 Å². The third-order valence-electron chi connectivity index (χ3n) is 3.70. The maximum atomic E-state index is 11.9. The standard InChI is InChI=1S/C16H16ClNO2S/c17-12-3-5-13(6-4-12)20-10-15(19)18-11-16(7-8-16)14-2-1-9-21-14/h1-6,9H,7-8,10-11H2,(H,18,19). The second-order valence-electron chi connectivity index (χ2n) is 5.28. The van der Waals surface area contributed by atoms with Crippen molar-refractivity contribution in [1.82, 2.24) is 5.32 Å². The molecule has 1 aromatic heterocycles. The molecule has 1 amide bonds. The topological polar surface area (TPSA) is 38.3 Å². The van der Waals surface area contributed by atoms with Crippen molar-refractivity contribution in [3.8, 4) is 5.75 Å². The van der Waals surface area contributed by atoms with Gasteiger partial charge in [-0.15, -0.1) is 11.3 Å². The van der Waals surface area contributed by atoms with E-state index in [2.05, 4.69) is 22.8 Å². The van der Waals surface area contributed by atoms with Crippen molar-refractivity contribution in [2.45, 2.75) is 18.3 Å². The molecule has 1 saturated carbocycles. The molecule has 0 bridgehead atoms. The molecular weight excluding hydrogens is 306 g/mol. The monoisotopic (exact) mass is 321 g/mol. The summed E-state index contributed by atoms with van der Waals surface area (Å²) in [6, 6.07) is 11.2. The van der Waals surface area contributed by atoms with Crippen LogP contribution in [0.3, 0.4) is 0 Å². The summed E-state index contributed by atoms with van der Waals surface area (Å²) in [5.74, 6) is 0.557. The number of hydrogen-bond acceptors (Lipinski definition) is 3. The molecule has 1 fully saturated rings. The molecular formula is C16H16ClNO2S. The Morgan fingerprint density at radius 1 is 1.29 bits per heavy atom. The van der Waals surface area contributed by atoms with Crippen LogP contribution in [0.15, 0.2) is 41.8 Å². The molecule has 0 spiro atoms. The Labute approximate surface area is 132 Å². The van der Waals surface area contributed by atoms with Gasteiger partial charge in [0.25, 0.3) is 5.91 Å². The van der Waals surface area contributed by atoms with Crippen LogP contribution in [0.4, 0.5) is 0 Å². The van der Waals surface area contributed by atoms with Gasteiger partial charge in [-0.1, -0.05) is 17.7 Å². The van der Waals surface area contributed by atoms with Gasteiger partial charge in [0, 0.05) is 21.9 Å². The third-order valence-corrected chi connectivity index (χ3v) is 5.07. The van der Waals surface area contributed by atoms with Crippen LogP contribution in [0.1, 0.15) is 17.7 Å². The van der Waals surface area contributed by atoms with E-state index in [1.807, 2.05) is 0 Å². The molecule has 0 saturated heterocycles. The van der Waals surface area contributed by atoms with Crippen LogP contribution in [0.5, 0.6) is 5.75 Å². The predicted molar refractivity (Wildman–Crippen MR) is 85.2 cm³/mol. The fraction of sp³-hybridized carbons (Fsp3) is 0.312. The fourth-order valence-corrected chi connectivity index (χ4v) is 3.35. The second kappa shape index (κ2) is 6.08.